The van der Waals surface area contributed by atoms with E-state index in [4.69, 9.17) is 5.73 Å². The van der Waals surface area contributed by atoms with E-state index < -0.39 is 0 Å². The molecule has 1 heterocycles. The molecule has 1 saturated carbocycles. The van der Waals surface area contributed by atoms with Crippen molar-refractivity contribution in [3.8, 4) is 0 Å². The Morgan fingerprint density at radius 3 is 2.60 bits per heavy atom. The van der Waals surface area contributed by atoms with Gasteiger partial charge in [-0.1, -0.05) is 12.8 Å². The number of aromatic nitrogens is 2. The molecule has 0 unspecified atom stereocenters. The summed E-state index contributed by atoms with van der Waals surface area (Å²) in [5.74, 6) is 0.628. The number of rotatable bonds is 3. The van der Waals surface area contributed by atoms with Gasteiger partial charge in [-0.25, -0.2) is 4.98 Å². The van der Waals surface area contributed by atoms with Gasteiger partial charge in [0.15, 0.2) is 5.95 Å². The van der Waals surface area contributed by atoms with Gasteiger partial charge in [0.05, 0.1) is 0 Å². The summed E-state index contributed by atoms with van der Waals surface area (Å²) in [6.07, 6.45) is 8.92. The standard InChI is InChI=1S/C11H20N4/c1-14(2)11(5-3-4-6-11)9-15-8-7-13-10(15)12/h7-8H,3-6,9H2,1-2H3,(H2,12,13). The lowest BCUT2D eigenvalue weighted by molar-refractivity contribution is 0.134. The maximum Gasteiger partial charge on any atom is 0.200 e. The Balaban J connectivity index is 2.17. The topological polar surface area (TPSA) is 47.1 Å². The van der Waals surface area contributed by atoms with Crippen molar-refractivity contribution in [1.29, 1.82) is 0 Å². The van der Waals surface area contributed by atoms with Crippen molar-refractivity contribution >= 4 is 5.95 Å². The Morgan fingerprint density at radius 1 is 1.47 bits per heavy atom. The Hall–Kier alpha value is -1.03. The number of nitrogen functional groups attached to an aromatic ring is 1. The third kappa shape index (κ3) is 1.86. The number of nitrogens with zero attached hydrogens (tertiary/aromatic N) is 3. The SMILES string of the molecule is CN(C)C1(Cn2ccnc2N)CCCC1. The van der Waals surface area contributed by atoms with E-state index in [0.29, 0.717) is 5.95 Å². The van der Waals surface area contributed by atoms with Crippen LogP contribution in [0.2, 0.25) is 0 Å². The molecule has 2 rings (SSSR count). The van der Waals surface area contributed by atoms with Gasteiger partial charge in [-0.15, -0.1) is 0 Å². The number of likely N-dealkylation sites (N-methyl/N-ethyl adjacent to an activating group) is 1. The lowest BCUT2D eigenvalue weighted by Gasteiger charge is -2.36. The molecule has 1 aromatic rings. The molecule has 0 atom stereocenters. The Bertz CT molecular complexity index is 323. The molecule has 1 aliphatic rings. The van der Waals surface area contributed by atoms with Crippen molar-refractivity contribution in [2.75, 3.05) is 19.8 Å². The van der Waals surface area contributed by atoms with Crippen LogP contribution in [0.15, 0.2) is 12.4 Å². The van der Waals surface area contributed by atoms with Crippen molar-refractivity contribution in [1.82, 2.24) is 14.5 Å². The highest BCUT2D eigenvalue weighted by Crippen LogP contribution is 2.35. The van der Waals surface area contributed by atoms with Gasteiger partial charge in [0, 0.05) is 24.5 Å². The van der Waals surface area contributed by atoms with E-state index in [0.717, 1.165) is 6.54 Å². The van der Waals surface area contributed by atoms with Gasteiger partial charge in [-0.05, 0) is 26.9 Å². The van der Waals surface area contributed by atoms with E-state index >= 15 is 0 Å². The first kappa shape index (κ1) is 10.5. The summed E-state index contributed by atoms with van der Waals surface area (Å²) in [7, 11) is 4.33. The molecule has 0 aliphatic heterocycles. The van der Waals surface area contributed by atoms with Crippen LogP contribution in [0.5, 0.6) is 0 Å². The normalized spacial score (nSPS) is 19.9. The fourth-order valence-electron chi connectivity index (χ4n) is 2.57. The maximum atomic E-state index is 5.81. The molecular formula is C11H20N4. The molecule has 0 aromatic carbocycles. The predicted molar refractivity (Wildman–Crippen MR) is 61.5 cm³/mol. The van der Waals surface area contributed by atoms with Crippen molar-refractivity contribution in [3.63, 3.8) is 0 Å². The van der Waals surface area contributed by atoms with E-state index in [1.165, 1.54) is 25.7 Å². The Kier molecular flexibility index (Phi) is 2.69. The molecule has 84 valence electrons. The van der Waals surface area contributed by atoms with Gasteiger partial charge in [0.1, 0.15) is 0 Å². The quantitative estimate of drug-likeness (QED) is 0.815. The van der Waals surface area contributed by atoms with Crippen molar-refractivity contribution in [3.05, 3.63) is 12.4 Å². The van der Waals surface area contributed by atoms with E-state index in [9.17, 15) is 0 Å². The molecular weight excluding hydrogens is 188 g/mol. The van der Waals surface area contributed by atoms with Crippen LogP contribution in [-0.4, -0.2) is 34.1 Å². The van der Waals surface area contributed by atoms with Crippen LogP contribution >= 0.6 is 0 Å². The Labute approximate surface area is 91.1 Å². The van der Waals surface area contributed by atoms with Gasteiger partial charge in [-0.3, -0.25) is 0 Å². The average molecular weight is 208 g/mol. The highest BCUT2D eigenvalue weighted by atomic mass is 15.2. The summed E-state index contributed by atoms with van der Waals surface area (Å²) in [6.45, 7) is 0.964. The summed E-state index contributed by atoms with van der Waals surface area (Å²) in [5, 5.41) is 0. The average Bonchev–Trinajstić information content (AvgIpc) is 2.78. The molecule has 1 aliphatic carbocycles. The first-order valence-corrected chi connectivity index (χ1v) is 5.58. The number of hydrogen-bond acceptors (Lipinski definition) is 3. The van der Waals surface area contributed by atoms with E-state index in [-0.39, 0.29) is 5.54 Å². The second-order valence-electron chi connectivity index (χ2n) is 4.74. The minimum Gasteiger partial charge on any atom is -0.369 e. The van der Waals surface area contributed by atoms with E-state index in [1.807, 2.05) is 6.20 Å². The molecule has 15 heavy (non-hydrogen) atoms. The first-order chi connectivity index (χ1) is 7.14. The fourth-order valence-corrected chi connectivity index (χ4v) is 2.57. The monoisotopic (exact) mass is 208 g/mol. The fraction of sp³-hybridized carbons (Fsp3) is 0.727. The third-order valence-corrected chi connectivity index (χ3v) is 3.70. The number of imidazole rings is 1. The first-order valence-electron chi connectivity index (χ1n) is 5.58. The highest BCUT2D eigenvalue weighted by Gasteiger charge is 2.36. The lowest BCUT2D eigenvalue weighted by atomic mass is 9.96. The summed E-state index contributed by atoms with van der Waals surface area (Å²) >= 11 is 0. The minimum atomic E-state index is 0.287. The van der Waals surface area contributed by atoms with Crippen molar-refractivity contribution in [2.24, 2.45) is 0 Å². The van der Waals surface area contributed by atoms with Crippen LogP contribution in [-0.2, 0) is 6.54 Å². The second-order valence-corrected chi connectivity index (χ2v) is 4.74. The van der Waals surface area contributed by atoms with Crippen molar-refractivity contribution in [2.45, 2.75) is 37.8 Å². The lowest BCUT2D eigenvalue weighted by Crippen LogP contribution is -2.45. The summed E-state index contributed by atoms with van der Waals surface area (Å²) < 4.78 is 2.06. The van der Waals surface area contributed by atoms with Crippen LogP contribution in [0.25, 0.3) is 0 Å². The third-order valence-electron chi connectivity index (χ3n) is 3.70. The molecule has 0 radical (unpaired) electrons. The zero-order chi connectivity index (χ0) is 10.9. The number of hydrogen-bond donors (Lipinski definition) is 1. The van der Waals surface area contributed by atoms with Gasteiger partial charge in [-0.2, -0.15) is 0 Å². The number of anilines is 1. The maximum absolute atomic E-state index is 5.81. The molecule has 4 heteroatoms. The number of nitrogens with two attached hydrogens (primary N) is 1. The molecule has 0 spiro atoms. The van der Waals surface area contributed by atoms with Gasteiger partial charge < -0.3 is 15.2 Å². The van der Waals surface area contributed by atoms with Gasteiger partial charge in [0.25, 0.3) is 0 Å². The van der Waals surface area contributed by atoms with Crippen molar-refractivity contribution < 1.29 is 0 Å². The van der Waals surface area contributed by atoms with Gasteiger partial charge in [0.2, 0.25) is 0 Å². The Morgan fingerprint density at radius 2 is 2.13 bits per heavy atom. The highest BCUT2D eigenvalue weighted by molar-refractivity contribution is 5.17. The van der Waals surface area contributed by atoms with Crippen LogP contribution in [0.1, 0.15) is 25.7 Å². The molecule has 0 amide bonds. The second kappa shape index (κ2) is 3.85. The molecule has 0 bridgehead atoms. The van der Waals surface area contributed by atoms with Crippen LogP contribution in [0, 0.1) is 0 Å². The predicted octanol–water partition coefficient (Wildman–Crippen LogP) is 1.34. The molecule has 1 fully saturated rings. The molecule has 1 aromatic heterocycles. The minimum absolute atomic E-state index is 0.287. The summed E-state index contributed by atoms with van der Waals surface area (Å²) in [5.41, 5.74) is 6.10. The molecule has 2 N–H and O–H groups in total. The zero-order valence-electron chi connectivity index (χ0n) is 9.61. The molecule has 4 nitrogen and oxygen atoms in total. The van der Waals surface area contributed by atoms with Crippen LogP contribution < -0.4 is 5.73 Å². The van der Waals surface area contributed by atoms with Crippen LogP contribution in [0.3, 0.4) is 0 Å². The van der Waals surface area contributed by atoms with E-state index in [2.05, 4.69) is 28.5 Å². The zero-order valence-corrected chi connectivity index (χ0v) is 9.61. The summed E-state index contributed by atoms with van der Waals surface area (Å²) in [6, 6.07) is 0. The van der Waals surface area contributed by atoms with Crippen LogP contribution in [0.4, 0.5) is 5.95 Å². The largest absolute Gasteiger partial charge is 0.369 e. The smallest absolute Gasteiger partial charge is 0.200 e. The summed E-state index contributed by atoms with van der Waals surface area (Å²) in [4.78, 5) is 6.42. The molecule has 0 saturated heterocycles. The van der Waals surface area contributed by atoms with Gasteiger partial charge >= 0.3 is 0 Å². The van der Waals surface area contributed by atoms with E-state index in [1.54, 1.807) is 6.20 Å².